The second-order valence-electron chi connectivity index (χ2n) is 8.79. The van der Waals surface area contributed by atoms with Gasteiger partial charge in [-0.2, -0.15) is 0 Å². The molecule has 2 N–H and O–H groups in total. The fourth-order valence-electron chi connectivity index (χ4n) is 4.54. The summed E-state index contributed by atoms with van der Waals surface area (Å²) in [5, 5.41) is 13.5. The van der Waals surface area contributed by atoms with Crippen molar-refractivity contribution in [2.24, 2.45) is 0 Å². The van der Waals surface area contributed by atoms with E-state index in [4.69, 9.17) is 4.74 Å². The number of β-amino-alcohol motifs (C(OH)–C–C–N with tert-alkyl or cyclic N) is 1. The van der Waals surface area contributed by atoms with Gasteiger partial charge in [0.1, 0.15) is 9.22 Å². The predicted octanol–water partition coefficient (Wildman–Crippen LogP) is 4.54. The van der Waals surface area contributed by atoms with Crippen LogP contribution in [0.5, 0.6) is 0 Å². The highest BCUT2D eigenvalue weighted by Gasteiger charge is 2.28. The molecule has 0 saturated carbocycles. The molecule has 1 unspecified atom stereocenters. The van der Waals surface area contributed by atoms with Gasteiger partial charge in [0.2, 0.25) is 0 Å². The molecule has 0 amide bonds. The van der Waals surface area contributed by atoms with E-state index in [0.717, 1.165) is 52.4 Å². The highest BCUT2D eigenvalue weighted by molar-refractivity contribution is 7.94. The number of thiophene rings is 1. The second-order valence-corrected chi connectivity index (χ2v) is 12.9. The van der Waals surface area contributed by atoms with E-state index < -0.39 is 10.0 Å². The first-order valence-corrected chi connectivity index (χ1v) is 15.2. The molecule has 1 aliphatic rings. The number of piperidine rings is 1. The SMILES string of the molecule is CCOCCN(c1cccc2cc(-c3ncc(CN4CCCC(O)C4)s3)[nH]c12)S(=O)(=O)c1cccs1. The van der Waals surface area contributed by atoms with E-state index in [1.807, 2.05) is 37.4 Å². The zero-order valence-electron chi connectivity index (χ0n) is 20.1. The van der Waals surface area contributed by atoms with Gasteiger partial charge in [-0.25, -0.2) is 13.4 Å². The van der Waals surface area contributed by atoms with E-state index in [1.165, 1.54) is 15.6 Å². The van der Waals surface area contributed by atoms with E-state index >= 15 is 0 Å². The Morgan fingerprint density at radius 1 is 1.31 bits per heavy atom. The van der Waals surface area contributed by atoms with Gasteiger partial charge >= 0.3 is 0 Å². The number of nitrogens with one attached hydrogen (secondary N) is 1. The molecule has 3 aromatic heterocycles. The van der Waals surface area contributed by atoms with Gasteiger partial charge in [0.15, 0.2) is 0 Å². The van der Waals surface area contributed by atoms with E-state index in [-0.39, 0.29) is 12.6 Å². The summed E-state index contributed by atoms with van der Waals surface area (Å²) in [7, 11) is -3.74. The number of benzene rings is 1. The summed E-state index contributed by atoms with van der Waals surface area (Å²) in [5.41, 5.74) is 2.19. The van der Waals surface area contributed by atoms with Gasteiger partial charge in [0, 0.05) is 36.2 Å². The summed E-state index contributed by atoms with van der Waals surface area (Å²) in [4.78, 5) is 11.5. The molecule has 11 heteroatoms. The van der Waals surface area contributed by atoms with Crippen molar-refractivity contribution in [3.05, 3.63) is 52.9 Å². The number of ether oxygens (including phenoxy) is 1. The van der Waals surface area contributed by atoms with E-state index in [9.17, 15) is 13.5 Å². The Morgan fingerprint density at radius 2 is 2.19 bits per heavy atom. The van der Waals surface area contributed by atoms with Crippen molar-refractivity contribution >= 4 is 49.3 Å². The van der Waals surface area contributed by atoms with Crippen LogP contribution in [0.2, 0.25) is 0 Å². The zero-order valence-corrected chi connectivity index (χ0v) is 22.5. The predicted molar refractivity (Wildman–Crippen MR) is 145 cm³/mol. The number of thiazole rings is 1. The van der Waals surface area contributed by atoms with Gasteiger partial charge in [-0.1, -0.05) is 18.2 Å². The van der Waals surface area contributed by atoms with Gasteiger partial charge < -0.3 is 14.8 Å². The summed E-state index contributed by atoms with van der Waals surface area (Å²) >= 11 is 2.82. The number of aliphatic hydroxyl groups is 1. The van der Waals surface area contributed by atoms with Gasteiger partial charge in [-0.3, -0.25) is 9.21 Å². The molecule has 1 aromatic carbocycles. The maximum absolute atomic E-state index is 13.6. The number of hydrogen-bond donors (Lipinski definition) is 2. The Balaban J connectivity index is 1.46. The van der Waals surface area contributed by atoms with Crippen LogP contribution < -0.4 is 4.31 Å². The Bertz CT molecular complexity index is 1400. The Kier molecular flexibility index (Phi) is 7.75. The van der Waals surface area contributed by atoms with Crippen molar-refractivity contribution in [1.29, 1.82) is 0 Å². The molecule has 4 aromatic rings. The smallest absolute Gasteiger partial charge is 0.273 e. The number of hydrogen-bond acceptors (Lipinski definition) is 8. The van der Waals surface area contributed by atoms with Crippen LogP contribution in [-0.2, 0) is 21.3 Å². The average Bonchev–Trinajstić information content (AvgIpc) is 3.62. The van der Waals surface area contributed by atoms with Gasteiger partial charge in [-0.15, -0.1) is 22.7 Å². The molecule has 0 bridgehead atoms. The minimum Gasteiger partial charge on any atom is -0.392 e. The number of fused-ring (bicyclic) bond motifs is 1. The number of anilines is 1. The largest absolute Gasteiger partial charge is 0.392 e. The van der Waals surface area contributed by atoms with Gasteiger partial charge in [0.05, 0.1) is 36.2 Å². The lowest BCUT2D eigenvalue weighted by Crippen LogP contribution is -2.37. The molecule has 0 radical (unpaired) electrons. The minimum absolute atomic E-state index is 0.213. The van der Waals surface area contributed by atoms with Crippen LogP contribution in [0.3, 0.4) is 0 Å². The molecule has 36 heavy (non-hydrogen) atoms. The van der Waals surface area contributed by atoms with E-state index in [1.54, 1.807) is 28.8 Å². The number of likely N-dealkylation sites (tertiary alicyclic amines) is 1. The van der Waals surface area contributed by atoms with Crippen LogP contribution in [0.1, 0.15) is 24.6 Å². The Morgan fingerprint density at radius 3 is 2.97 bits per heavy atom. The third kappa shape index (κ3) is 5.36. The molecule has 1 aliphatic heterocycles. The lowest BCUT2D eigenvalue weighted by atomic mass is 10.1. The summed E-state index contributed by atoms with van der Waals surface area (Å²) in [6.45, 7) is 5.37. The first kappa shape index (κ1) is 25.4. The van der Waals surface area contributed by atoms with Crippen molar-refractivity contribution in [3.8, 4) is 10.7 Å². The maximum Gasteiger partial charge on any atom is 0.273 e. The Labute approximate surface area is 219 Å². The summed E-state index contributed by atoms with van der Waals surface area (Å²) in [6.07, 6.45) is 3.51. The molecule has 8 nitrogen and oxygen atoms in total. The van der Waals surface area contributed by atoms with Gasteiger partial charge in [0.25, 0.3) is 10.0 Å². The summed E-state index contributed by atoms with van der Waals surface area (Å²) in [5.74, 6) is 0. The fraction of sp³-hybridized carbons (Fsp3) is 0.400. The minimum atomic E-state index is -3.74. The van der Waals surface area contributed by atoms with Crippen LogP contribution in [0, 0.1) is 0 Å². The lowest BCUT2D eigenvalue weighted by molar-refractivity contribution is 0.0673. The molecule has 0 spiro atoms. The standard InChI is InChI=1S/C25H30N4O4S3/c1-2-33-12-11-29(36(31,32)23-9-5-13-34-23)22-8-3-6-18-14-21(27-24(18)22)25-26-15-20(35-25)17-28-10-4-7-19(30)16-28/h3,5-6,8-9,13-15,19,27,30H,2,4,7,10-12,16-17H2,1H3. The molecule has 0 aliphatic carbocycles. The quantitative estimate of drug-likeness (QED) is 0.283. The normalized spacial score (nSPS) is 17.1. The van der Waals surface area contributed by atoms with E-state index in [0.29, 0.717) is 29.7 Å². The summed E-state index contributed by atoms with van der Waals surface area (Å²) < 4.78 is 34.4. The number of sulfonamides is 1. The van der Waals surface area contributed by atoms with Crippen LogP contribution >= 0.6 is 22.7 Å². The molecular formula is C25H30N4O4S3. The first-order chi connectivity index (χ1) is 17.5. The first-order valence-electron chi connectivity index (χ1n) is 12.1. The van der Waals surface area contributed by atoms with Crippen LogP contribution in [-0.4, -0.2) is 67.3 Å². The highest BCUT2D eigenvalue weighted by Crippen LogP contribution is 2.35. The third-order valence-electron chi connectivity index (χ3n) is 6.23. The average molecular weight is 547 g/mol. The zero-order chi connectivity index (χ0) is 25.1. The number of para-hydroxylation sites is 1. The number of aromatic nitrogens is 2. The van der Waals surface area contributed by atoms with Gasteiger partial charge in [-0.05, 0) is 49.9 Å². The fourth-order valence-corrected chi connectivity index (χ4v) is 8.04. The molecule has 4 heterocycles. The third-order valence-corrected chi connectivity index (χ3v) is 10.4. The summed E-state index contributed by atoms with van der Waals surface area (Å²) in [6, 6.07) is 11.1. The topological polar surface area (TPSA) is 98.8 Å². The molecule has 1 fully saturated rings. The number of aromatic amines is 1. The molecular weight excluding hydrogens is 517 g/mol. The molecule has 5 rings (SSSR count). The molecule has 192 valence electrons. The van der Waals surface area contributed by atoms with Crippen molar-refractivity contribution < 1.29 is 18.3 Å². The van der Waals surface area contributed by atoms with E-state index in [2.05, 4.69) is 14.9 Å². The van der Waals surface area contributed by atoms with Crippen molar-refractivity contribution in [1.82, 2.24) is 14.9 Å². The number of aliphatic hydroxyl groups excluding tert-OH is 1. The van der Waals surface area contributed by atoms with Crippen molar-refractivity contribution in [2.75, 3.05) is 37.2 Å². The van der Waals surface area contributed by atoms with Crippen LogP contribution in [0.4, 0.5) is 5.69 Å². The Hall–Kier alpha value is -2.28. The second kappa shape index (κ2) is 11.0. The van der Waals surface area contributed by atoms with Crippen molar-refractivity contribution in [2.45, 2.75) is 36.6 Å². The number of nitrogens with zero attached hydrogens (tertiary/aromatic N) is 3. The molecule has 1 atom stereocenters. The number of rotatable bonds is 10. The van der Waals surface area contributed by atoms with Crippen LogP contribution in [0.15, 0.2) is 52.2 Å². The maximum atomic E-state index is 13.6. The molecule has 1 saturated heterocycles. The number of H-pyrrole nitrogens is 1. The monoisotopic (exact) mass is 546 g/mol. The van der Waals surface area contributed by atoms with Crippen LogP contribution in [0.25, 0.3) is 21.6 Å². The highest BCUT2D eigenvalue weighted by atomic mass is 32.2. The van der Waals surface area contributed by atoms with Crippen molar-refractivity contribution in [3.63, 3.8) is 0 Å². The lowest BCUT2D eigenvalue weighted by Gasteiger charge is -2.29.